The standard InChI is InChI=1S/C31H25N3O7/c35-27-9-10-28(36)34(27)41-29(37)18-3-6-21-24(15-18)31(40-30(21)38)22-7-4-19(32-11-1-12-32)16-25(22)39-26-17-20(5-8-23(26)31)33-13-2-14-33/h3-8,15-17H,1-2,9-14H2. The lowest BCUT2D eigenvalue weighted by Crippen LogP contribution is -2.38. The molecule has 3 saturated heterocycles. The third kappa shape index (κ3) is 3.43. The van der Waals surface area contributed by atoms with Crippen LogP contribution in [0.25, 0.3) is 0 Å². The third-order valence-electron chi connectivity index (χ3n) is 8.63. The molecule has 0 atom stereocenters. The molecule has 3 fully saturated rings. The normalized spacial score (nSPS) is 19.6. The monoisotopic (exact) mass is 551 g/mol. The summed E-state index contributed by atoms with van der Waals surface area (Å²) < 4.78 is 12.8. The minimum absolute atomic E-state index is 0.00580. The van der Waals surface area contributed by atoms with Crippen molar-refractivity contribution in [2.75, 3.05) is 36.0 Å². The van der Waals surface area contributed by atoms with Crippen LogP contribution in [0.4, 0.5) is 11.4 Å². The molecule has 3 aromatic carbocycles. The van der Waals surface area contributed by atoms with Gasteiger partial charge in [-0.05, 0) is 55.3 Å². The highest BCUT2D eigenvalue weighted by Gasteiger charge is 2.54. The molecule has 0 N–H and O–H groups in total. The number of hydrogen-bond acceptors (Lipinski definition) is 9. The SMILES string of the molecule is O=C(ON1C(=O)CCC1=O)c1ccc2c(c1)C1(OC2=O)c2ccc(N3CCC3)cc2Oc2cc(N3CCC3)ccc21. The number of hydrogen-bond donors (Lipinski definition) is 0. The lowest BCUT2D eigenvalue weighted by Gasteiger charge is -2.39. The zero-order chi connectivity index (χ0) is 27.9. The van der Waals surface area contributed by atoms with Gasteiger partial charge in [0.1, 0.15) is 11.5 Å². The second-order valence-corrected chi connectivity index (χ2v) is 10.9. The van der Waals surface area contributed by atoms with Crippen LogP contribution in [0.5, 0.6) is 11.5 Å². The van der Waals surface area contributed by atoms with Crippen molar-refractivity contribution in [2.24, 2.45) is 0 Å². The number of fused-ring (bicyclic) bond motifs is 6. The van der Waals surface area contributed by atoms with Gasteiger partial charge in [-0.1, -0.05) is 0 Å². The Morgan fingerprint density at radius 3 is 1.85 bits per heavy atom. The van der Waals surface area contributed by atoms with Gasteiger partial charge >= 0.3 is 11.9 Å². The number of hydroxylamine groups is 2. The van der Waals surface area contributed by atoms with Crippen molar-refractivity contribution < 1.29 is 33.5 Å². The zero-order valence-corrected chi connectivity index (χ0v) is 22.1. The second-order valence-electron chi connectivity index (χ2n) is 10.9. The molecule has 0 aromatic heterocycles. The van der Waals surface area contributed by atoms with Crippen LogP contribution in [0.15, 0.2) is 54.6 Å². The molecular weight excluding hydrogens is 526 g/mol. The van der Waals surface area contributed by atoms with Crippen LogP contribution in [0.3, 0.4) is 0 Å². The quantitative estimate of drug-likeness (QED) is 0.353. The molecule has 0 unspecified atom stereocenters. The van der Waals surface area contributed by atoms with Crippen molar-refractivity contribution in [3.63, 3.8) is 0 Å². The minimum atomic E-state index is -1.37. The van der Waals surface area contributed by atoms with Gasteiger partial charge in [0.15, 0.2) is 5.60 Å². The van der Waals surface area contributed by atoms with Gasteiger partial charge in [0, 0.05) is 79.2 Å². The predicted octanol–water partition coefficient (Wildman–Crippen LogP) is 3.90. The molecule has 0 aliphatic carbocycles. The first-order valence-electron chi connectivity index (χ1n) is 13.9. The van der Waals surface area contributed by atoms with E-state index in [2.05, 4.69) is 9.80 Å². The summed E-state index contributed by atoms with van der Waals surface area (Å²) in [5.74, 6) is -1.39. The molecule has 2 amide bonds. The van der Waals surface area contributed by atoms with Crippen molar-refractivity contribution in [1.82, 2.24) is 5.06 Å². The molecule has 5 aliphatic heterocycles. The lowest BCUT2D eigenvalue weighted by molar-refractivity contribution is -0.172. The van der Waals surface area contributed by atoms with Crippen LogP contribution >= 0.6 is 0 Å². The Balaban J connectivity index is 1.28. The van der Waals surface area contributed by atoms with E-state index in [4.69, 9.17) is 14.3 Å². The van der Waals surface area contributed by atoms with Crippen LogP contribution in [-0.4, -0.2) is 55.0 Å². The van der Waals surface area contributed by atoms with E-state index in [9.17, 15) is 19.2 Å². The average Bonchev–Trinajstić information content (AvgIpc) is 3.37. The van der Waals surface area contributed by atoms with Gasteiger partial charge in [0.2, 0.25) is 0 Å². The van der Waals surface area contributed by atoms with Gasteiger partial charge in [-0.25, -0.2) is 9.59 Å². The van der Waals surface area contributed by atoms with E-state index >= 15 is 0 Å². The highest BCUT2D eigenvalue weighted by Crippen LogP contribution is 2.57. The molecule has 206 valence electrons. The summed E-state index contributed by atoms with van der Waals surface area (Å²) >= 11 is 0. The first-order chi connectivity index (χ1) is 19.9. The molecule has 5 aliphatic rings. The molecular formula is C31H25N3O7. The van der Waals surface area contributed by atoms with Crippen molar-refractivity contribution in [2.45, 2.75) is 31.3 Å². The number of rotatable bonds is 4. The molecule has 0 saturated carbocycles. The number of esters is 1. The summed E-state index contributed by atoms with van der Waals surface area (Å²) in [4.78, 5) is 60.3. The van der Waals surface area contributed by atoms with Crippen LogP contribution in [0.1, 0.15) is 63.1 Å². The number of carbonyl (C=O) groups excluding carboxylic acids is 4. The molecule has 10 nitrogen and oxygen atoms in total. The summed E-state index contributed by atoms with van der Waals surface area (Å²) in [6.07, 6.45) is 2.24. The first-order valence-corrected chi connectivity index (χ1v) is 13.9. The number of amides is 2. The predicted molar refractivity (Wildman–Crippen MR) is 145 cm³/mol. The molecule has 1 spiro atoms. The summed E-state index contributed by atoms with van der Waals surface area (Å²) in [6, 6.07) is 16.3. The van der Waals surface area contributed by atoms with Crippen molar-refractivity contribution in [3.05, 3.63) is 82.4 Å². The number of nitrogens with zero attached hydrogens (tertiary/aromatic N) is 3. The Bertz CT molecular complexity index is 1610. The largest absolute Gasteiger partial charge is 0.456 e. The van der Waals surface area contributed by atoms with E-state index in [1.807, 2.05) is 36.4 Å². The van der Waals surface area contributed by atoms with Gasteiger partial charge in [-0.2, -0.15) is 0 Å². The smallest absolute Gasteiger partial charge is 0.363 e. The van der Waals surface area contributed by atoms with Gasteiger partial charge in [0.25, 0.3) is 11.8 Å². The fourth-order valence-electron chi connectivity index (χ4n) is 6.16. The molecule has 10 heteroatoms. The van der Waals surface area contributed by atoms with Crippen LogP contribution in [0, 0.1) is 0 Å². The van der Waals surface area contributed by atoms with Crippen LogP contribution in [0.2, 0.25) is 0 Å². The molecule has 3 aromatic rings. The summed E-state index contributed by atoms with van der Waals surface area (Å²) in [6.45, 7) is 3.85. The van der Waals surface area contributed by atoms with Crippen molar-refractivity contribution >= 4 is 35.1 Å². The number of ether oxygens (including phenoxy) is 2. The Labute approximate surface area is 234 Å². The zero-order valence-electron chi connectivity index (χ0n) is 22.1. The highest BCUT2D eigenvalue weighted by molar-refractivity contribution is 6.03. The molecule has 8 rings (SSSR count). The van der Waals surface area contributed by atoms with Gasteiger partial charge in [0.05, 0.1) is 11.1 Å². The topological polar surface area (TPSA) is 106 Å². The third-order valence-corrected chi connectivity index (χ3v) is 8.63. The van der Waals surface area contributed by atoms with Gasteiger partial charge < -0.3 is 24.1 Å². The lowest BCUT2D eigenvalue weighted by atomic mass is 9.77. The Hall–Kier alpha value is -4.86. The number of benzene rings is 3. The van der Waals surface area contributed by atoms with E-state index in [0.717, 1.165) is 50.4 Å². The van der Waals surface area contributed by atoms with E-state index in [1.54, 1.807) is 6.07 Å². The molecule has 41 heavy (non-hydrogen) atoms. The maximum Gasteiger partial charge on any atom is 0.363 e. The van der Waals surface area contributed by atoms with E-state index in [0.29, 0.717) is 38.8 Å². The van der Waals surface area contributed by atoms with Crippen molar-refractivity contribution in [3.8, 4) is 11.5 Å². The van der Waals surface area contributed by atoms with E-state index in [1.165, 1.54) is 12.1 Å². The number of anilines is 2. The maximum atomic E-state index is 13.4. The summed E-state index contributed by atoms with van der Waals surface area (Å²) in [5.41, 5.74) is 2.83. The first kappa shape index (κ1) is 24.0. The number of carbonyl (C=O) groups is 4. The Morgan fingerprint density at radius 2 is 1.32 bits per heavy atom. The van der Waals surface area contributed by atoms with E-state index < -0.39 is 29.4 Å². The highest BCUT2D eigenvalue weighted by atomic mass is 16.7. The van der Waals surface area contributed by atoms with Crippen molar-refractivity contribution in [1.29, 1.82) is 0 Å². The fraction of sp³-hybridized carbons (Fsp3) is 0.290. The summed E-state index contributed by atoms with van der Waals surface area (Å²) in [7, 11) is 0. The molecule has 0 bridgehead atoms. The number of imide groups is 1. The Morgan fingerprint density at radius 1 is 0.732 bits per heavy atom. The molecule has 5 heterocycles. The van der Waals surface area contributed by atoms with Crippen LogP contribution in [-0.2, 0) is 24.8 Å². The average molecular weight is 552 g/mol. The van der Waals surface area contributed by atoms with Gasteiger partial charge in [-0.3, -0.25) is 9.59 Å². The van der Waals surface area contributed by atoms with Gasteiger partial charge in [-0.15, -0.1) is 5.06 Å². The minimum Gasteiger partial charge on any atom is -0.456 e. The second kappa shape index (κ2) is 8.57. The molecule has 0 radical (unpaired) electrons. The summed E-state index contributed by atoms with van der Waals surface area (Å²) in [5, 5.41) is 0.515. The Kier molecular flexibility index (Phi) is 5.01. The van der Waals surface area contributed by atoms with Crippen LogP contribution < -0.4 is 14.5 Å². The van der Waals surface area contributed by atoms with E-state index in [-0.39, 0.29) is 18.4 Å². The fourth-order valence-corrected chi connectivity index (χ4v) is 6.16. The maximum absolute atomic E-state index is 13.4.